The smallest absolute Gasteiger partial charge is 0.251 e. The zero-order chi connectivity index (χ0) is 25.2. The van der Waals surface area contributed by atoms with E-state index in [0.29, 0.717) is 17.9 Å². The number of hydrogen-bond donors (Lipinski definition) is 2. The van der Waals surface area contributed by atoms with Crippen molar-refractivity contribution >= 4 is 11.7 Å². The predicted octanol–water partition coefficient (Wildman–Crippen LogP) is 5.71. The number of nitrogens with two attached hydrogens (primary N) is 1. The van der Waals surface area contributed by atoms with Crippen molar-refractivity contribution in [1.29, 1.82) is 0 Å². The van der Waals surface area contributed by atoms with Crippen LogP contribution in [0, 0.1) is 19.7 Å². The summed E-state index contributed by atoms with van der Waals surface area (Å²) in [5, 5.41) is 3.02. The van der Waals surface area contributed by atoms with Crippen LogP contribution < -0.4 is 11.1 Å². The van der Waals surface area contributed by atoms with Gasteiger partial charge in [-0.1, -0.05) is 30.3 Å². The Morgan fingerprint density at radius 1 is 1.00 bits per heavy atom. The van der Waals surface area contributed by atoms with Crippen molar-refractivity contribution < 1.29 is 13.9 Å². The van der Waals surface area contributed by atoms with E-state index in [2.05, 4.69) is 35.4 Å². The number of hydrogen-bond acceptors (Lipinski definition) is 4. The number of nitrogens with zero attached hydrogens (tertiary/aromatic N) is 1. The third kappa shape index (κ3) is 3.40. The molecule has 5 nitrogen and oxygen atoms in total. The Hall–Kier alpha value is -4.03. The predicted molar refractivity (Wildman–Crippen MR) is 137 cm³/mol. The summed E-state index contributed by atoms with van der Waals surface area (Å²) in [5.41, 5.74) is 14.9. The number of halogens is 1. The second-order valence-corrected chi connectivity index (χ2v) is 9.75. The molecule has 0 saturated heterocycles. The van der Waals surface area contributed by atoms with Gasteiger partial charge < -0.3 is 15.8 Å². The zero-order valence-corrected chi connectivity index (χ0v) is 20.4. The molecule has 6 rings (SSSR count). The van der Waals surface area contributed by atoms with Gasteiger partial charge in [-0.25, -0.2) is 9.37 Å². The zero-order valence-electron chi connectivity index (χ0n) is 20.4. The number of carbonyl (C=O) groups is 1. The quantitative estimate of drug-likeness (QED) is 0.393. The molecule has 2 bridgehead atoms. The largest absolute Gasteiger partial charge is 0.384 e. The lowest BCUT2D eigenvalue weighted by atomic mass is 9.77. The Bertz CT molecular complexity index is 1520. The highest BCUT2D eigenvalue weighted by molar-refractivity contribution is 5.94. The Kier molecular flexibility index (Phi) is 4.99. The van der Waals surface area contributed by atoms with E-state index in [9.17, 15) is 9.18 Å². The molecule has 2 unspecified atom stereocenters. The number of carbonyl (C=O) groups excluding carboxylic acids is 1. The molecule has 1 amide bonds. The fourth-order valence-corrected chi connectivity index (χ4v) is 5.62. The van der Waals surface area contributed by atoms with E-state index in [-0.39, 0.29) is 17.8 Å². The number of rotatable bonds is 4. The average Bonchev–Trinajstić information content (AvgIpc) is 3.32. The van der Waals surface area contributed by atoms with Crippen molar-refractivity contribution in [3.63, 3.8) is 0 Å². The van der Waals surface area contributed by atoms with Crippen LogP contribution in [0.1, 0.15) is 62.5 Å². The number of ether oxygens (including phenoxy) is 1. The average molecular weight is 480 g/mol. The first kappa shape index (κ1) is 22.4. The summed E-state index contributed by atoms with van der Waals surface area (Å²) < 4.78 is 19.9. The van der Waals surface area contributed by atoms with Crippen molar-refractivity contribution in [3.05, 3.63) is 117 Å². The molecular weight excluding hydrogens is 453 g/mol. The molecule has 0 saturated carbocycles. The van der Waals surface area contributed by atoms with Crippen molar-refractivity contribution in [2.24, 2.45) is 0 Å². The van der Waals surface area contributed by atoms with Gasteiger partial charge in [-0.05, 0) is 102 Å². The lowest BCUT2D eigenvalue weighted by Gasteiger charge is -2.25. The van der Waals surface area contributed by atoms with E-state index in [1.807, 2.05) is 38.1 Å². The summed E-state index contributed by atoms with van der Waals surface area (Å²) in [7, 11) is 0. The molecule has 1 aromatic heterocycles. The van der Waals surface area contributed by atoms with Crippen molar-refractivity contribution in [2.75, 3.05) is 5.73 Å². The van der Waals surface area contributed by atoms with Gasteiger partial charge >= 0.3 is 0 Å². The SMILES string of the molecule is Cc1cc(N)nc(C)c1CNC(=O)c1ccc2c(c1)C1OC2(C)c2ccc(-c3ccc(F)cc3)cc21. The molecule has 0 spiro atoms. The highest BCUT2D eigenvalue weighted by Crippen LogP contribution is 2.58. The van der Waals surface area contributed by atoms with Gasteiger partial charge in [0.25, 0.3) is 5.91 Å². The number of anilines is 1. The third-order valence-corrected chi connectivity index (χ3v) is 7.49. The Labute approximate surface area is 209 Å². The molecule has 0 aliphatic carbocycles. The number of benzene rings is 3. The van der Waals surface area contributed by atoms with E-state index in [0.717, 1.165) is 50.2 Å². The molecule has 3 N–H and O–H groups in total. The highest BCUT2D eigenvalue weighted by atomic mass is 19.1. The Morgan fingerprint density at radius 3 is 2.39 bits per heavy atom. The van der Waals surface area contributed by atoms with Crippen LogP contribution in [0.2, 0.25) is 0 Å². The highest BCUT2D eigenvalue weighted by Gasteiger charge is 2.51. The fraction of sp³-hybridized carbons (Fsp3) is 0.200. The van der Waals surface area contributed by atoms with Crippen LogP contribution in [0.4, 0.5) is 10.2 Å². The molecule has 0 fully saturated rings. The van der Waals surface area contributed by atoms with E-state index < -0.39 is 5.60 Å². The van der Waals surface area contributed by atoms with Crippen LogP contribution >= 0.6 is 0 Å². The van der Waals surface area contributed by atoms with Crippen LogP contribution in [0.3, 0.4) is 0 Å². The van der Waals surface area contributed by atoms with E-state index in [1.54, 1.807) is 12.1 Å². The number of nitrogen functional groups attached to an aromatic ring is 1. The normalized spacial score (nSPS) is 19.2. The Balaban J connectivity index is 1.29. The number of aryl methyl sites for hydroxylation is 2. The maximum atomic E-state index is 13.4. The Morgan fingerprint density at radius 2 is 1.67 bits per heavy atom. The molecule has 3 heterocycles. The minimum absolute atomic E-state index is 0.151. The van der Waals surface area contributed by atoms with Crippen molar-refractivity contribution in [3.8, 4) is 11.1 Å². The first-order chi connectivity index (χ1) is 17.2. The van der Waals surface area contributed by atoms with Gasteiger partial charge in [0.2, 0.25) is 0 Å². The number of amides is 1. The maximum Gasteiger partial charge on any atom is 0.251 e. The summed E-state index contributed by atoms with van der Waals surface area (Å²) >= 11 is 0. The fourth-order valence-electron chi connectivity index (χ4n) is 5.62. The topological polar surface area (TPSA) is 77.2 Å². The van der Waals surface area contributed by atoms with E-state index in [4.69, 9.17) is 10.5 Å². The van der Waals surface area contributed by atoms with Crippen LogP contribution in [-0.4, -0.2) is 10.9 Å². The molecule has 3 aromatic carbocycles. The molecule has 180 valence electrons. The van der Waals surface area contributed by atoms with Gasteiger partial charge in [0.1, 0.15) is 23.3 Å². The summed E-state index contributed by atoms with van der Waals surface area (Å²) in [4.78, 5) is 17.4. The molecule has 36 heavy (non-hydrogen) atoms. The minimum Gasteiger partial charge on any atom is -0.384 e. The standard InChI is InChI=1S/C30H26FN3O2/c1-16-12-27(32)34-17(2)24(16)15-33-29(35)20-7-11-26-23(14-20)28-22-13-19(18-4-8-21(31)9-5-18)6-10-25(22)30(26,3)36-28/h4-14,28H,15H2,1-3H3,(H2,32,34)(H,33,35). The van der Waals surface area contributed by atoms with Crippen LogP contribution in [0.25, 0.3) is 11.1 Å². The number of fused-ring (bicyclic) bond motifs is 8. The molecule has 2 atom stereocenters. The number of nitrogens with one attached hydrogen (secondary N) is 1. The van der Waals surface area contributed by atoms with Gasteiger partial charge in [0, 0.05) is 17.8 Å². The first-order valence-electron chi connectivity index (χ1n) is 12.0. The van der Waals surface area contributed by atoms with Crippen molar-refractivity contribution in [2.45, 2.75) is 39.0 Å². The van der Waals surface area contributed by atoms with E-state index in [1.165, 1.54) is 12.1 Å². The van der Waals surface area contributed by atoms with Gasteiger partial charge in [-0.3, -0.25) is 4.79 Å². The summed E-state index contributed by atoms with van der Waals surface area (Å²) in [6.07, 6.45) is -0.251. The summed E-state index contributed by atoms with van der Waals surface area (Å²) in [6.45, 7) is 6.32. The van der Waals surface area contributed by atoms with Crippen molar-refractivity contribution in [1.82, 2.24) is 10.3 Å². The van der Waals surface area contributed by atoms with Gasteiger partial charge in [-0.2, -0.15) is 0 Å². The van der Waals surface area contributed by atoms with Crippen LogP contribution in [0.15, 0.2) is 66.7 Å². The molecule has 2 aliphatic rings. The summed E-state index contributed by atoms with van der Waals surface area (Å²) in [5.74, 6) is 0.0688. The number of pyridine rings is 1. The second kappa shape index (κ2) is 8.00. The first-order valence-corrected chi connectivity index (χ1v) is 12.0. The molecule has 0 radical (unpaired) electrons. The molecule has 2 aliphatic heterocycles. The van der Waals surface area contributed by atoms with E-state index >= 15 is 0 Å². The maximum absolute atomic E-state index is 13.4. The van der Waals surface area contributed by atoms with Gasteiger partial charge in [-0.15, -0.1) is 0 Å². The summed E-state index contributed by atoms with van der Waals surface area (Å²) in [6, 6.07) is 20.4. The lowest BCUT2D eigenvalue weighted by molar-refractivity contribution is 0.00901. The monoisotopic (exact) mass is 479 g/mol. The second-order valence-electron chi connectivity index (χ2n) is 9.75. The lowest BCUT2D eigenvalue weighted by Crippen LogP contribution is -2.25. The molecule has 6 heteroatoms. The number of aromatic nitrogens is 1. The van der Waals surface area contributed by atoms with Crippen LogP contribution in [-0.2, 0) is 16.9 Å². The molecular formula is C30H26FN3O2. The molecule has 4 aromatic rings. The minimum atomic E-state index is -0.560. The van der Waals surface area contributed by atoms with Gasteiger partial charge in [0.15, 0.2) is 0 Å². The van der Waals surface area contributed by atoms with Gasteiger partial charge in [0.05, 0.1) is 0 Å². The third-order valence-electron chi connectivity index (χ3n) is 7.49. The van der Waals surface area contributed by atoms with Crippen LogP contribution in [0.5, 0.6) is 0 Å².